The number of H-pyrrole nitrogens is 1. The van der Waals surface area contributed by atoms with Crippen LogP contribution < -0.4 is 5.32 Å². The first-order valence-corrected chi connectivity index (χ1v) is 8.04. The highest BCUT2D eigenvalue weighted by Crippen LogP contribution is 2.33. The minimum absolute atomic E-state index is 0.170. The number of carboxylic acid groups (broad SMARTS) is 1. The van der Waals surface area contributed by atoms with Crippen molar-refractivity contribution in [2.45, 2.75) is 26.3 Å². The number of thiophene rings is 1. The van der Waals surface area contributed by atoms with Crippen molar-refractivity contribution in [1.82, 2.24) is 10.3 Å². The standard InChI is InChI=1S/C15H17ClN2O3S/c1-8(2)5-11(15(20)21)18-14(19)10-7-17-6-9(10)12-3-4-13(16)22-12/h3-4,6-8,11,17H,5H2,1-2H3,(H,18,19)(H,20,21)/t11-/m1/s1. The summed E-state index contributed by atoms with van der Waals surface area (Å²) >= 11 is 7.28. The Morgan fingerprint density at radius 2 is 2.09 bits per heavy atom. The fraction of sp³-hybridized carbons (Fsp3) is 0.333. The van der Waals surface area contributed by atoms with Gasteiger partial charge in [0.25, 0.3) is 5.91 Å². The van der Waals surface area contributed by atoms with Crippen LogP contribution in [0.15, 0.2) is 24.5 Å². The number of halogens is 1. The summed E-state index contributed by atoms with van der Waals surface area (Å²) in [6.07, 6.45) is 3.65. The number of rotatable bonds is 6. The molecule has 118 valence electrons. The molecule has 0 aliphatic heterocycles. The van der Waals surface area contributed by atoms with E-state index in [1.807, 2.05) is 19.9 Å². The van der Waals surface area contributed by atoms with E-state index < -0.39 is 17.9 Å². The fourth-order valence-electron chi connectivity index (χ4n) is 2.14. The number of nitrogens with one attached hydrogen (secondary N) is 2. The van der Waals surface area contributed by atoms with Crippen LogP contribution in [0, 0.1) is 5.92 Å². The molecule has 0 fully saturated rings. The van der Waals surface area contributed by atoms with Gasteiger partial charge in [-0.2, -0.15) is 0 Å². The molecule has 0 aliphatic carbocycles. The molecule has 2 heterocycles. The van der Waals surface area contributed by atoms with Gasteiger partial charge >= 0.3 is 5.97 Å². The number of carboxylic acids is 1. The van der Waals surface area contributed by atoms with Crippen LogP contribution in [-0.2, 0) is 4.79 Å². The molecule has 0 unspecified atom stereocenters. The summed E-state index contributed by atoms with van der Waals surface area (Å²) in [6.45, 7) is 3.83. The molecule has 0 saturated carbocycles. The minimum Gasteiger partial charge on any atom is -0.480 e. The van der Waals surface area contributed by atoms with Gasteiger partial charge in [-0.15, -0.1) is 11.3 Å². The highest BCUT2D eigenvalue weighted by Gasteiger charge is 2.24. The number of carbonyl (C=O) groups excluding carboxylic acids is 1. The Morgan fingerprint density at radius 3 is 2.64 bits per heavy atom. The molecule has 1 atom stereocenters. The lowest BCUT2D eigenvalue weighted by molar-refractivity contribution is -0.139. The lowest BCUT2D eigenvalue weighted by Crippen LogP contribution is -2.41. The van der Waals surface area contributed by atoms with E-state index in [2.05, 4.69) is 10.3 Å². The van der Waals surface area contributed by atoms with Crippen molar-refractivity contribution in [3.8, 4) is 10.4 Å². The molecule has 5 nitrogen and oxygen atoms in total. The molecule has 0 spiro atoms. The zero-order valence-electron chi connectivity index (χ0n) is 12.2. The first-order chi connectivity index (χ1) is 10.4. The van der Waals surface area contributed by atoms with Crippen LogP contribution in [0.1, 0.15) is 30.6 Å². The van der Waals surface area contributed by atoms with Gasteiger partial charge in [-0.25, -0.2) is 4.79 Å². The third-order valence-corrected chi connectivity index (χ3v) is 4.40. The third-order valence-electron chi connectivity index (χ3n) is 3.14. The average Bonchev–Trinajstić information content (AvgIpc) is 3.05. The van der Waals surface area contributed by atoms with Gasteiger partial charge in [0.1, 0.15) is 6.04 Å². The van der Waals surface area contributed by atoms with Gasteiger partial charge in [0.05, 0.1) is 9.90 Å². The summed E-state index contributed by atoms with van der Waals surface area (Å²) in [4.78, 5) is 27.4. The Balaban J connectivity index is 2.20. The SMILES string of the molecule is CC(C)C[C@@H](NC(=O)c1c[nH]cc1-c1ccc(Cl)s1)C(=O)O. The van der Waals surface area contributed by atoms with E-state index in [4.69, 9.17) is 11.6 Å². The maximum absolute atomic E-state index is 12.4. The first kappa shape index (κ1) is 16.6. The van der Waals surface area contributed by atoms with Crippen LogP contribution in [0.5, 0.6) is 0 Å². The quantitative estimate of drug-likeness (QED) is 0.751. The number of amides is 1. The van der Waals surface area contributed by atoms with Gasteiger partial charge in [0.15, 0.2) is 0 Å². The monoisotopic (exact) mass is 340 g/mol. The number of hydrogen-bond acceptors (Lipinski definition) is 3. The van der Waals surface area contributed by atoms with Crippen LogP contribution in [0.3, 0.4) is 0 Å². The Morgan fingerprint density at radius 1 is 1.36 bits per heavy atom. The maximum atomic E-state index is 12.4. The highest BCUT2D eigenvalue weighted by molar-refractivity contribution is 7.19. The van der Waals surface area contributed by atoms with Crippen LogP contribution >= 0.6 is 22.9 Å². The lowest BCUT2D eigenvalue weighted by atomic mass is 10.0. The summed E-state index contributed by atoms with van der Waals surface area (Å²) in [5.74, 6) is -1.27. The van der Waals surface area contributed by atoms with E-state index >= 15 is 0 Å². The van der Waals surface area contributed by atoms with E-state index in [1.54, 1.807) is 18.5 Å². The average molecular weight is 341 g/mol. The van der Waals surface area contributed by atoms with Gasteiger partial charge in [0.2, 0.25) is 0 Å². The summed E-state index contributed by atoms with van der Waals surface area (Å²) in [7, 11) is 0. The van der Waals surface area contributed by atoms with Crippen molar-refractivity contribution >= 4 is 34.8 Å². The van der Waals surface area contributed by atoms with E-state index in [9.17, 15) is 14.7 Å². The Bertz CT molecular complexity index is 678. The lowest BCUT2D eigenvalue weighted by Gasteiger charge is -2.16. The second kappa shape index (κ2) is 6.98. The topological polar surface area (TPSA) is 82.2 Å². The minimum atomic E-state index is -1.03. The number of hydrogen-bond donors (Lipinski definition) is 3. The van der Waals surface area contributed by atoms with E-state index in [-0.39, 0.29) is 5.92 Å². The molecule has 0 bridgehead atoms. The van der Waals surface area contributed by atoms with Crippen molar-refractivity contribution in [3.63, 3.8) is 0 Å². The van der Waals surface area contributed by atoms with Crippen LogP contribution in [0.25, 0.3) is 10.4 Å². The van der Waals surface area contributed by atoms with Crippen LogP contribution in [0.2, 0.25) is 4.34 Å². The second-order valence-corrected chi connectivity index (χ2v) is 7.10. The molecule has 0 saturated heterocycles. The maximum Gasteiger partial charge on any atom is 0.326 e. The molecule has 2 aromatic heterocycles. The Kier molecular flexibility index (Phi) is 5.26. The fourth-order valence-corrected chi connectivity index (χ4v) is 3.22. The molecule has 22 heavy (non-hydrogen) atoms. The molecule has 0 aromatic carbocycles. The van der Waals surface area contributed by atoms with Crippen molar-refractivity contribution in [2.75, 3.05) is 0 Å². The molecule has 0 radical (unpaired) electrons. The third kappa shape index (κ3) is 3.90. The number of aliphatic carboxylic acids is 1. The molecule has 0 aliphatic rings. The van der Waals surface area contributed by atoms with Crippen molar-refractivity contribution in [1.29, 1.82) is 0 Å². The van der Waals surface area contributed by atoms with Gasteiger partial charge in [-0.1, -0.05) is 25.4 Å². The summed E-state index contributed by atoms with van der Waals surface area (Å²) in [6, 6.07) is 2.69. The number of aromatic nitrogens is 1. The molecule has 7 heteroatoms. The van der Waals surface area contributed by atoms with Crippen LogP contribution in [0.4, 0.5) is 0 Å². The molecule has 1 amide bonds. The predicted octanol–water partition coefficient (Wildman–Crippen LogP) is 3.63. The molecule has 2 rings (SSSR count). The van der Waals surface area contributed by atoms with E-state index in [1.165, 1.54) is 11.3 Å². The van der Waals surface area contributed by atoms with Gasteiger partial charge in [-0.05, 0) is 24.5 Å². The predicted molar refractivity (Wildman–Crippen MR) is 87.5 cm³/mol. The van der Waals surface area contributed by atoms with Crippen molar-refractivity contribution in [3.05, 3.63) is 34.4 Å². The molecular formula is C15H17ClN2O3S. The van der Waals surface area contributed by atoms with E-state index in [0.29, 0.717) is 21.9 Å². The number of aromatic amines is 1. The summed E-state index contributed by atoms with van der Waals surface area (Å²) in [5, 5.41) is 11.8. The molecular weight excluding hydrogens is 324 g/mol. The smallest absolute Gasteiger partial charge is 0.326 e. The van der Waals surface area contributed by atoms with Gasteiger partial charge < -0.3 is 15.4 Å². The summed E-state index contributed by atoms with van der Waals surface area (Å²) < 4.78 is 0.630. The second-order valence-electron chi connectivity index (χ2n) is 5.38. The Labute approximate surface area is 137 Å². The number of carbonyl (C=O) groups is 2. The first-order valence-electron chi connectivity index (χ1n) is 6.84. The zero-order valence-corrected chi connectivity index (χ0v) is 13.8. The van der Waals surface area contributed by atoms with E-state index in [0.717, 1.165) is 4.88 Å². The largest absolute Gasteiger partial charge is 0.480 e. The zero-order chi connectivity index (χ0) is 16.3. The van der Waals surface area contributed by atoms with Gasteiger partial charge in [0, 0.05) is 22.8 Å². The van der Waals surface area contributed by atoms with Crippen molar-refractivity contribution < 1.29 is 14.7 Å². The summed E-state index contributed by atoms with van der Waals surface area (Å²) in [5.41, 5.74) is 1.12. The highest BCUT2D eigenvalue weighted by atomic mass is 35.5. The molecule has 2 aromatic rings. The van der Waals surface area contributed by atoms with Crippen LogP contribution in [-0.4, -0.2) is 28.0 Å². The van der Waals surface area contributed by atoms with Crippen molar-refractivity contribution in [2.24, 2.45) is 5.92 Å². The Hall–Kier alpha value is -1.79. The van der Waals surface area contributed by atoms with Gasteiger partial charge in [-0.3, -0.25) is 4.79 Å². The normalized spacial score (nSPS) is 12.4. The molecule has 3 N–H and O–H groups in total.